The van der Waals surface area contributed by atoms with Gasteiger partial charge in [-0.15, -0.1) is 0 Å². The number of carbonyl (C=O) groups is 3. The first-order chi connectivity index (χ1) is 19.3. The number of carbonyl (C=O) groups excluding carboxylic acids is 3. The number of piperazine rings is 1. The first-order valence-electron chi connectivity index (χ1n) is 13.3. The van der Waals surface area contributed by atoms with Gasteiger partial charge in [0.05, 0.1) is 32.4 Å². The molecule has 2 heterocycles. The SMILES string of the molecule is CCOC(=O)C1=C(CN2CCN(C(=O)c3ccc(F)cc3)CC2)N(CC)C(=O)N[C@@H]1c1cc(OC)cc(OC)c1. The van der Waals surface area contributed by atoms with Gasteiger partial charge in [-0.2, -0.15) is 0 Å². The van der Waals surface area contributed by atoms with Crippen molar-refractivity contribution in [1.29, 1.82) is 0 Å². The molecule has 3 amide bonds. The predicted molar refractivity (Wildman–Crippen MR) is 146 cm³/mol. The van der Waals surface area contributed by atoms with Gasteiger partial charge in [0.15, 0.2) is 0 Å². The van der Waals surface area contributed by atoms with Crippen LogP contribution in [0.4, 0.5) is 9.18 Å². The van der Waals surface area contributed by atoms with Crippen molar-refractivity contribution < 1.29 is 33.0 Å². The van der Waals surface area contributed by atoms with Crippen LogP contribution in [0.5, 0.6) is 11.5 Å². The Hall–Kier alpha value is -4.12. The maximum absolute atomic E-state index is 13.4. The van der Waals surface area contributed by atoms with Crippen LogP contribution in [0.2, 0.25) is 0 Å². The van der Waals surface area contributed by atoms with E-state index in [9.17, 15) is 18.8 Å². The quantitative estimate of drug-likeness (QED) is 0.475. The minimum Gasteiger partial charge on any atom is -0.497 e. The van der Waals surface area contributed by atoms with Crippen molar-refractivity contribution in [3.63, 3.8) is 0 Å². The molecule has 2 aliphatic heterocycles. The molecular weight excluding hydrogens is 519 g/mol. The molecule has 0 spiro atoms. The molecule has 1 N–H and O–H groups in total. The molecule has 10 nitrogen and oxygen atoms in total. The molecule has 4 rings (SSSR count). The van der Waals surface area contributed by atoms with Crippen LogP contribution in [-0.2, 0) is 9.53 Å². The zero-order valence-corrected chi connectivity index (χ0v) is 23.2. The van der Waals surface area contributed by atoms with Crippen LogP contribution in [0.15, 0.2) is 53.7 Å². The summed E-state index contributed by atoms with van der Waals surface area (Å²) in [6.07, 6.45) is 0. The van der Waals surface area contributed by atoms with Crippen molar-refractivity contribution in [3.05, 3.63) is 70.7 Å². The summed E-state index contributed by atoms with van der Waals surface area (Å²) in [5, 5.41) is 2.96. The number of benzene rings is 2. The van der Waals surface area contributed by atoms with Crippen molar-refractivity contribution in [1.82, 2.24) is 20.0 Å². The Morgan fingerprint density at radius 2 is 1.60 bits per heavy atom. The summed E-state index contributed by atoms with van der Waals surface area (Å²) >= 11 is 0. The highest BCUT2D eigenvalue weighted by atomic mass is 19.1. The Kier molecular flexibility index (Phi) is 9.26. The monoisotopic (exact) mass is 554 g/mol. The summed E-state index contributed by atoms with van der Waals surface area (Å²) in [7, 11) is 3.07. The number of urea groups is 1. The fourth-order valence-corrected chi connectivity index (χ4v) is 5.00. The average Bonchev–Trinajstić information content (AvgIpc) is 2.97. The molecule has 1 atom stereocenters. The van der Waals surface area contributed by atoms with Gasteiger partial charge in [0.1, 0.15) is 17.3 Å². The minimum atomic E-state index is -0.783. The summed E-state index contributed by atoms with van der Waals surface area (Å²) in [4.78, 5) is 45.0. The fraction of sp³-hybridized carbons (Fsp3) is 0.414. The lowest BCUT2D eigenvalue weighted by molar-refractivity contribution is -0.139. The Balaban J connectivity index is 1.63. The normalized spacial score (nSPS) is 17.9. The molecule has 2 aromatic carbocycles. The second kappa shape index (κ2) is 12.8. The van der Waals surface area contributed by atoms with Gasteiger partial charge in [0.25, 0.3) is 5.91 Å². The van der Waals surface area contributed by atoms with Crippen LogP contribution >= 0.6 is 0 Å². The highest BCUT2D eigenvalue weighted by Crippen LogP contribution is 2.35. The van der Waals surface area contributed by atoms with Gasteiger partial charge in [-0.25, -0.2) is 14.0 Å². The Labute approximate surface area is 233 Å². The van der Waals surface area contributed by atoms with Crippen LogP contribution in [0, 0.1) is 5.82 Å². The van der Waals surface area contributed by atoms with Crippen LogP contribution in [0.25, 0.3) is 0 Å². The molecule has 0 radical (unpaired) electrons. The molecule has 2 aliphatic rings. The number of amides is 3. The van der Waals surface area contributed by atoms with E-state index in [-0.39, 0.29) is 18.5 Å². The first kappa shape index (κ1) is 28.9. The lowest BCUT2D eigenvalue weighted by Gasteiger charge is -2.40. The number of halogens is 1. The molecule has 0 aromatic heterocycles. The van der Waals surface area contributed by atoms with Crippen molar-refractivity contribution in [2.75, 3.05) is 60.1 Å². The number of rotatable bonds is 9. The second-order valence-electron chi connectivity index (χ2n) is 9.43. The number of hydrogen-bond acceptors (Lipinski definition) is 7. The molecule has 2 aromatic rings. The summed E-state index contributed by atoms with van der Waals surface area (Å²) in [5.74, 6) is -0.0330. The number of methoxy groups -OCH3 is 2. The van der Waals surface area contributed by atoms with Crippen molar-refractivity contribution in [2.24, 2.45) is 0 Å². The Morgan fingerprint density at radius 3 is 2.15 bits per heavy atom. The highest BCUT2D eigenvalue weighted by Gasteiger charge is 2.39. The smallest absolute Gasteiger partial charge is 0.338 e. The van der Waals surface area contributed by atoms with E-state index in [4.69, 9.17) is 14.2 Å². The van der Waals surface area contributed by atoms with Crippen LogP contribution in [0.3, 0.4) is 0 Å². The fourth-order valence-electron chi connectivity index (χ4n) is 5.00. The summed E-state index contributed by atoms with van der Waals surface area (Å²) in [6.45, 7) is 6.38. The van der Waals surface area contributed by atoms with Crippen LogP contribution in [0.1, 0.15) is 35.8 Å². The molecule has 0 bridgehead atoms. The number of likely N-dealkylation sites (N-methyl/N-ethyl adjacent to an activating group) is 1. The van der Waals surface area contributed by atoms with Crippen molar-refractivity contribution >= 4 is 17.9 Å². The van der Waals surface area contributed by atoms with E-state index in [0.29, 0.717) is 73.2 Å². The van der Waals surface area contributed by atoms with E-state index >= 15 is 0 Å². The van der Waals surface area contributed by atoms with Gasteiger partial charge in [-0.05, 0) is 55.8 Å². The number of ether oxygens (including phenoxy) is 3. The van der Waals surface area contributed by atoms with Crippen molar-refractivity contribution in [2.45, 2.75) is 19.9 Å². The molecule has 40 heavy (non-hydrogen) atoms. The van der Waals surface area contributed by atoms with Gasteiger partial charge in [-0.1, -0.05) is 0 Å². The summed E-state index contributed by atoms with van der Waals surface area (Å²) in [5.41, 5.74) is 1.94. The molecule has 1 saturated heterocycles. The molecular formula is C29H35FN4O6. The summed E-state index contributed by atoms with van der Waals surface area (Å²) < 4.78 is 29.6. The topological polar surface area (TPSA) is 101 Å². The number of nitrogens with one attached hydrogen (secondary N) is 1. The Bertz CT molecular complexity index is 1250. The first-order valence-corrected chi connectivity index (χ1v) is 13.3. The molecule has 214 valence electrons. The van der Waals surface area contributed by atoms with Crippen LogP contribution < -0.4 is 14.8 Å². The Morgan fingerprint density at radius 1 is 0.975 bits per heavy atom. The third kappa shape index (κ3) is 6.20. The third-order valence-electron chi connectivity index (χ3n) is 7.08. The molecule has 1 fully saturated rings. The summed E-state index contributed by atoms with van der Waals surface area (Å²) in [6, 6.07) is 9.62. The minimum absolute atomic E-state index is 0.162. The zero-order valence-electron chi connectivity index (χ0n) is 23.2. The van der Waals surface area contributed by atoms with Crippen molar-refractivity contribution in [3.8, 4) is 11.5 Å². The van der Waals surface area contributed by atoms with E-state index in [2.05, 4.69) is 10.2 Å². The highest BCUT2D eigenvalue weighted by molar-refractivity contribution is 5.95. The van der Waals surface area contributed by atoms with Gasteiger partial charge in [-0.3, -0.25) is 14.6 Å². The zero-order chi connectivity index (χ0) is 28.8. The number of esters is 1. The molecule has 0 saturated carbocycles. The number of nitrogens with zero attached hydrogens (tertiary/aromatic N) is 3. The van der Waals surface area contributed by atoms with Crippen LogP contribution in [-0.4, -0.2) is 92.7 Å². The van der Waals surface area contributed by atoms with E-state index < -0.39 is 17.8 Å². The third-order valence-corrected chi connectivity index (χ3v) is 7.08. The van der Waals surface area contributed by atoms with E-state index in [1.807, 2.05) is 6.92 Å². The second-order valence-corrected chi connectivity index (χ2v) is 9.43. The number of hydrogen-bond donors (Lipinski definition) is 1. The maximum Gasteiger partial charge on any atom is 0.338 e. The largest absolute Gasteiger partial charge is 0.497 e. The van der Waals surface area contributed by atoms with Gasteiger partial charge in [0.2, 0.25) is 0 Å². The molecule has 0 aliphatic carbocycles. The van der Waals surface area contributed by atoms with Gasteiger partial charge >= 0.3 is 12.0 Å². The van der Waals surface area contributed by atoms with Gasteiger partial charge < -0.3 is 24.4 Å². The molecule has 0 unspecified atom stereocenters. The molecule has 11 heteroatoms. The predicted octanol–water partition coefficient (Wildman–Crippen LogP) is 3.20. The van der Waals surface area contributed by atoms with E-state index in [0.717, 1.165) is 0 Å². The maximum atomic E-state index is 13.4. The van der Waals surface area contributed by atoms with E-state index in [1.54, 1.807) is 34.9 Å². The lowest BCUT2D eigenvalue weighted by atomic mass is 9.93. The van der Waals surface area contributed by atoms with E-state index in [1.165, 1.54) is 38.5 Å². The van der Waals surface area contributed by atoms with Gasteiger partial charge in [0, 0.05) is 56.6 Å². The standard InChI is InChI=1S/C29H35FN4O6/c1-5-34-24(18-32-11-13-33(14-12-32)27(35)19-7-9-21(30)10-8-19)25(28(36)40-6-2)26(31-29(34)37)20-15-22(38-3)17-23(16-20)39-4/h7-10,15-17,26H,5-6,11-14,18H2,1-4H3,(H,31,37)/t26-/m1/s1. The lowest BCUT2D eigenvalue weighted by Crippen LogP contribution is -2.53. The average molecular weight is 555 g/mol.